The highest BCUT2D eigenvalue weighted by atomic mass is 79.9. The molecule has 0 aliphatic rings. The van der Waals surface area contributed by atoms with Crippen LogP contribution in [0.4, 0.5) is 0 Å². The molecule has 0 fully saturated rings. The lowest BCUT2D eigenvalue weighted by molar-refractivity contribution is 0.589. The molecule has 6 heteroatoms. The van der Waals surface area contributed by atoms with E-state index in [4.69, 9.17) is 5.26 Å². The van der Waals surface area contributed by atoms with Crippen LogP contribution in [-0.2, 0) is 10.0 Å². The van der Waals surface area contributed by atoms with Gasteiger partial charge in [0.1, 0.15) is 0 Å². The minimum atomic E-state index is -3.65. The molecule has 0 amide bonds. The van der Waals surface area contributed by atoms with Crippen molar-refractivity contribution in [1.29, 1.82) is 5.26 Å². The molecular weight excluding hydrogens is 352 g/mol. The molecule has 1 aromatic heterocycles. The second kappa shape index (κ2) is 5.02. The summed E-state index contributed by atoms with van der Waals surface area (Å²) in [7, 11) is -3.65. The Kier molecular flexibility index (Phi) is 3.32. The fourth-order valence-corrected chi connectivity index (χ4v) is 3.73. The third-order valence-corrected chi connectivity index (χ3v) is 5.39. The number of fused-ring (bicyclic) bond motifs is 1. The van der Waals surface area contributed by atoms with E-state index in [1.807, 2.05) is 6.07 Å². The molecule has 0 aliphatic heterocycles. The van der Waals surface area contributed by atoms with Gasteiger partial charge in [0.25, 0.3) is 10.0 Å². The number of hydrogen-bond donors (Lipinski definition) is 0. The van der Waals surface area contributed by atoms with Crippen LogP contribution in [-0.4, -0.2) is 12.4 Å². The fourth-order valence-electron chi connectivity index (χ4n) is 2.12. The molecule has 3 aromatic rings. The molecule has 0 spiro atoms. The molecule has 0 radical (unpaired) electrons. The number of nitriles is 1. The maximum absolute atomic E-state index is 12.7. The van der Waals surface area contributed by atoms with Crippen LogP contribution in [0.2, 0.25) is 0 Å². The van der Waals surface area contributed by atoms with Gasteiger partial charge in [-0.25, -0.2) is 12.4 Å². The van der Waals surface area contributed by atoms with Gasteiger partial charge in [-0.05, 0) is 48.5 Å². The largest absolute Gasteiger partial charge is 0.268 e. The number of aromatic nitrogens is 1. The predicted octanol–water partition coefficient (Wildman–Crippen LogP) is 3.51. The van der Waals surface area contributed by atoms with Crippen LogP contribution < -0.4 is 0 Å². The van der Waals surface area contributed by atoms with Crippen molar-refractivity contribution in [3.63, 3.8) is 0 Å². The lowest BCUT2D eigenvalue weighted by Crippen LogP contribution is -2.11. The van der Waals surface area contributed by atoms with Gasteiger partial charge in [-0.3, -0.25) is 0 Å². The quantitative estimate of drug-likeness (QED) is 0.702. The van der Waals surface area contributed by atoms with Crippen molar-refractivity contribution in [3.8, 4) is 6.07 Å². The predicted molar refractivity (Wildman–Crippen MR) is 83.4 cm³/mol. The number of benzene rings is 2. The summed E-state index contributed by atoms with van der Waals surface area (Å²) in [4.78, 5) is 0.215. The van der Waals surface area contributed by atoms with Gasteiger partial charge in [-0.2, -0.15) is 5.26 Å². The first-order valence-electron chi connectivity index (χ1n) is 6.05. The summed E-state index contributed by atoms with van der Waals surface area (Å²) < 4.78 is 27.4. The second-order valence-corrected chi connectivity index (χ2v) is 7.19. The highest BCUT2D eigenvalue weighted by Crippen LogP contribution is 2.24. The van der Waals surface area contributed by atoms with Crippen LogP contribution in [0.15, 0.2) is 64.1 Å². The van der Waals surface area contributed by atoms with Gasteiger partial charge in [-0.1, -0.05) is 15.9 Å². The monoisotopic (exact) mass is 360 g/mol. The molecule has 0 unspecified atom stereocenters. The van der Waals surface area contributed by atoms with Crippen molar-refractivity contribution in [2.24, 2.45) is 0 Å². The standard InChI is InChI=1S/C15H9BrN2O2S/c16-13-2-4-14(5-3-13)21(19,20)18-8-7-12-9-11(10-17)1-6-15(12)18/h1-9H. The van der Waals surface area contributed by atoms with Crippen LogP contribution >= 0.6 is 15.9 Å². The zero-order chi connectivity index (χ0) is 15.0. The number of hydrogen-bond acceptors (Lipinski definition) is 3. The second-order valence-electron chi connectivity index (χ2n) is 4.46. The third kappa shape index (κ3) is 2.35. The molecule has 21 heavy (non-hydrogen) atoms. The molecule has 1 heterocycles. The first-order valence-corrected chi connectivity index (χ1v) is 8.28. The summed E-state index contributed by atoms with van der Waals surface area (Å²) in [6.45, 7) is 0. The van der Waals surface area contributed by atoms with E-state index in [2.05, 4.69) is 15.9 Å². The van der Waals surface area contributed by atoms with Crippen LogP contribution in [0.1, 0.15) is 5.56 Å². The van der Waals surface area contributed by atoms with Gasteiger partial charge in [0.15, 0.2) is 0 Å². The fraction of sp³-hybridized carbons (Fsp3) is 0. The molecule has 3 rings (SSSR count). The first-order chi connectivity index (χ1) is 10.0. The Morgan fingerprint density at radius 3 is 2.43 bits per heavy atom. The van der Waals surface area contributed by atoms with E-state index in [1.54, 1.807) is 48.5 Å². The van der Waals surface area contributed by atoms with Crippen LogP contribution in [0.25, 0.3) is 10.9 Å². The van der Waals surface area contributed by atoms with E-state index >= 15 is 0 Å². The molecule has 0 saturated carbocycles. The Labute approximate surface area is 130 Å². The Hall–Kier alpha value is -2.10. The SMILES string of the molecule is N#Cc1ccc2c(ccn2S(=O)(=O)c2ccc(Br)cc2)c1. The van der Waals surface area contributed by atoms with Crippen LogP contribution in [0.3, 0.4) is 0 Å². The average Bonchev–Trinajstić information content (AvgIpc) is 2.91. The van der Waals surface area contributed by atoms with Crippen molar-refractivity contribution in [2.45, 2.75) is 4.90 Å². The van der Waals surface area contributed by atoms with E-state index in [0.29, 0.717) is 11.1 Å². The maximum atomic E-state index is 12.7. The minimum absolute atomic E-state index is 0.215. The topological polar surface area (TPSA) is 62.9 Å². The molecule has 0 atom stereocenters. The van der Waals surface area contributed by atoms with Crippen molar-refractivity contribution in [3.05, 3.63) is 64.8 Å². The van der Waals surface area contributed by atoms with Gasteiger partial charge in [0.2, 0.25) is 0 Å². The van der Waals surface area contributed by atoms with Crippen LogP contribution in [0.5, 0.6) is 0 Å². The van der Waals surface area contributed by atoms with Gasteiger partial charge in [-0.15, -0.1) is 0 Å². The van der Waals surface area contributed by atoms with E-state index in [0.717, 1.165) is 9.86 Å². The van der Waals surface area contributed by atoms with Crippen molar-refractivity contribution < 1.29 is 8.42 Å². The highest BCUT2D eigenvalue weighted by molar-refractivity contribution is 9.10. The molecule has 4 nitrogen and oxygen atoms in total. The lowest BCUT2D eigenvalue weighted by Gasteiger charge is -2.07. The average molecular weight is 361 g/mol. The molecular formula is C15H9BrN2O2S. The van der Waals surface area contributed by atoms with Gasteiger partial charge >= 0.3 is 0 Å². The van der Waals surface area contributed by atoms with E-state index in [9.17, 15) is 8.42 Å². The van der Waals surface area contributed by atoms with Gasteiger partial charge in [0, 0.05) is 16.1 Å². The minimum Gasteiger partial charge on any atom is -0.241 e. The molecule has 0 saturated heterocycles. The number of halogens is 1. The van der Waals surface area contributed by atoms with E-state index in [-0.39, 0.29) is 4.90 Å². The summed E-state index contributed by atoms with van der Waals surface area (Å²) in [6, 6.07) is 15.1. The summed E-state index contributed by atoms with van der Waals surface area (Å²) in [5, 5.41) is 9.61. The summed E-state index contributed by atoms with van der Waals surface area (Å²) in [5.41, 5.74) is 1.05. The van der Waals surface area contributed by atoms with E-state index in [1.165, 1.54) is 10.2 Å². The molecule has 104 valence electrons. The number of nitrogens with zero attached hydrogens (tertiary/aromatic N) is 2. The van der Waals surface area contributed by atoms with Crippen molar-refractivity contribution >= 4 is 36.9 Å². The van der Waals surface area contributed by atoms with Crippen molar-refractivity contribution in [1.82, 2.24) is 3.97 Å². The third-order valence-electron chi connectivity index (χ3n) is 3.15. The lowest BCUT2D eigenvalue weighted by atomic mass is 10.2. The van der Waals surface area contributed by atoms with Crippen molar-refractivity contribution in [2.75, 3.05) is 0 Å². The smallest absolute Gasteiger partial charge is 0.241 e. The van der Waals surface area contributed by atoms with E-state index < -0.39 is 10.0 Å². The molecule has 2 aromatic carbocycles. The van der Waals surface area contributed by atoms with Crippen LogP contribution in [0, 0.1) is 11.3 Å². The Bertz CT molecular complexity index is 967. The normalized spacial score (nSPS) is 11.4. The maximum Gasteiger partial charge on any atom is 0.268 e. The Morgan fingerprint density at radius 1 is 1.05 bits per heavy atom. The summed E-state index contributed by atoms with van der Waals surface area (Å²) in [5.74, 6) is 0. The van der Waals surface area contributed by atoms with Gasteiger partial charge < -0.3 is 0 Å². The molecule has 0 aliphatic carbocycles. The number of rotatable bonds is 2. The Balaban J connectivity index is 2.20. The molecule has 0 bridgehead atoms. The molecule has 0 N–H and O–H groups in total. The Morgan fingerprint density at radius 2 is 1.76 bits per heavy atom. The zero-order valence-corrected chi connectivity index (χ0v) is 13.1. The highest BCUT2D eigenvalue weighted by Gasteiger charge is 2.18. The zero-order valence-electron chi connectivity index (χ0n) is 10.7. The van der Waals surface area contributed by atoms with Gasteiger partial charge in [0.05, 0.1) is 22.0 Å². The summed E-state index contributed by atoms with van der Waals surface area (Å²) >= 11 is 3.28. The first kappa shape index (κ1) is 13.9. The summed E-state index contributed by atoms with van der Waals surface area (Å²) in [6.07, 6.45) is 1.50.